The number of phenolic OH excluding ortho intramolecular Hbond substituents is 1. The molecule has 0 heterocycles. The Morgan fingerprint density at radius 1 is 1.29 bits per heavy atom. The summed E-state index contributed by atoms with van der Waals surface area (Å²) in [6.45, 7) is 12.7. The number of rotatable bonds is 12. The van der Waals surface area contributed by atoms with E-state index in [1.165, 1.54) is 5.57 Å². The molecule has 1 aliphatic carbocycles. The van der Waals surface area contributed by atoms with Gasteiger partial charge < -0.3 is 14.7 Å². The van der Waals surface area contributed by atoms with Crippen molar-refractivity contribution in [3.8, 4) is 11.5 Å². The molecule has 34 heavy (non-hydrogen) atoms. The number of hydrogen-bond donors (Lipinski definition) is 2. The first-order chi connectivity index (χ1) is 15.9. The molecule has 8 heteroatoms. The zero-order chi connectivity index (χ0) is 25.5. The molecule has 0 radical (unpaired) electrons. The predicted molar refractivity (Wildman–Crippen MR) is 133 cm³/mol. The fourth-order valence-corrected chi connectivity index (χ4v) is 5.16. The number of phosphoric acid groups is 1. The molecule has 1 unspecified atom stereocenters. The van der Waals surface area contributed by atoms with Gasteiger partial charge in [0.2, 0.25) is 0 Å². The minimum Gasteiger partial charge on any atom is -0.507 e. The van der Waals surface area contributed by atoms with Crippen LogP contribution in [0.15, 0.2) is 35.9 Å². The van der Waals surface area contributed by atoms with Crippen LogP contribution in [0.2, 0.25) is 0 Å². The molecule has 2 rings (SSSR count). The highest BCUT2D eigenvalue weighted by molar-refractivity contribution is 7.47. The number of aromatic hydroxyl groups is 1. The first-order valence-electron chi connectivity index (χ1n) is 12.0. The number of benzene rings is 1. The van der Waals surface area contributed by atoms with Gasteiger partial charge >= 0.3 is 13.8 Å². The summed E-state index contributed by atoms with van der Waals surface area (Å²) < 4.78 is 27.2. The quantitative estimate of drug-likeness (QED) is 0.111. The van der Waals surface area contributed by atoms with Crippen LogP contribution >= 0.6 is 7.82 Å². The third-order valence-corrected chi connectivity index (χ3v) is 7.02. The van der Waals surface area contributed by atoms with E-state index in [0.717, 1.165) is 49.7 Å². The molecule has 1 aromatic rings. The highest BCUT2D eigenvalue weighted by Crippen LogP contribution is 2.47. The van der Waals surface area contributed by atoms with Crippen LogP contribution in [0.4, 0.5) is 0 Å². The normalized spacial score (nSPS) is 20.0. The zero-order valence-corrected chi connectivity index (χ0v) is 21.9. The van der Waals surface area contributed by atoms with Crippen molar-refractivity contribution in [3.05, 3.63) is 47.1 Å². The molecule has 7 nitrogen and oxygen atoms in total. The van der Waals surface area contributed by atoms with Crippen LogP contribution in [-0.2, 0) is 24.8 Å². The van der Waals surface area contributed by atoms with Gasteiger partial charge in [0.1, 0.15) is 11.5 Å². The first-order valence-corrected chi connectivity index (χ1v) is 13.5. The van der Waals surface area contributed by atoms with Crippen LogP contribution in [0.1, 0.15) is 83.8 Å². The maximum Gasteiger partial charge on any atom is 0.472 e. The number of allylic oxidation sites excluding steroid dienone is 3. The molecule has 190 valence electrons. The summed E-state index contributed by atoms with van der Waals surface area (Å²) >= 11 is 0. The third-order valence-electron chi connectivity index (χ3n) is 5.88. The number of ether oxygens (including phenoxy) is 1. The standard InChI is InChI=1S/C26H39O7P/c1-7-8-9-10-20-14-23(27)26(22-13-19(6)11-12-21(22)17(2)3)24(15-20)32-25(28)16-31-34(29,30)33-18(4)5/h13-15,18,21-22,27H,2,7-12,16H2,1,3-6H3,(H,29,30)/t21-,22+/m0/s1. The molecule has 0 saturated heterocycles. The average Bonchev–Trinajstić information content (AvgIpc) is 2.71. The Morgan fingerprint density at radius 2 is 2.00 bits per heavy atom. The van der Waals surface area contributed by atoms with E-state index in [1.807, 2.05) is 13.8 Å². The number of unbranched alkanes of at least 4 members (excludes halogenated alkanes) is 2. The van der Waals surface area contributed by atoms with Gasteiger partial charge in [-0.2, -0.15) is 0 Å². The van der Waals surface area contributed by atoms with E-state index in [1.54, 1.807) is 26.0 Å². The number of phosphoric ester groups is 1. The fourth-order valence-electron chi connectivity index (χ4n) is 4.30. The van der Waals surface area contributed by atoms with Gasteiger partial charge in [-0.3, -0.25) is 9.05 Å². The monoisotopic (exact) mass is 494 g/mol. The minimum atomic E-state index is -4.39. The van der Waals surface area contributed by atoms with Crippen LogP contribution in [0, 0.1) is 5.92 Å². The van der Waals surface area contributed by atoms with Crippen molar-refractivity contribution in [1.82, 2.24) is 0 Å². The van der Waals surface area contributed by atoms with Crippen LogP contribution in [-0.4, -0.2) is 28.7 Å². The number of carbonyl (C=O) groups is 1. The van der Waals surface area contributed by atoms with Crippen molar-refractivity contribution in [1.29, 1.82) is 0 Å². The smallest absolute Gasteiger partial charge is 0.472 e. The summed E-state index contributed by atoms with van der Waals surface area (Å²) in [5.41, 5.74) is 3.57. The van der Waals surface area contributed by atoms with Crippen molar-refractivity contribution in [2.75, 3.05) is 6.61 Å². The Balaban J connectivity index is 2.38. The fraction of sp³-hybridized carbons (Fsp3) is 0.577. The maximum atomic E-state index is 12.6. The summed E-state index contributed by atoms with van der Waals surface area (Å²) in [7, 11) is -4.39. The zero-order valence-electron chi connectivity index (χ0n) is 21.0. The minimum absolute atomic E-state index is 0.0656. The number of carbonyl (C=O) groups excluding carboxylic acids is 1. The Labute approximate surface area is 203 Å². The lowest BCUT2D eigenvalue weighted by atomic mass is 9.73. The van der Waals surface area contributed by atoms with Gasteiger partial charge in [0.05, 0.1) is 6.10 Å². The number of hydrogen-bond acceptors (Lipinski definition) is 6. The Hall–Kier alpha value is -1.92. The van der Waals surface area contributed by atoms with E-state index in [9.17, 15) is 19.4 Å². The lowest BCUT2D eigenvalue weighted by Crippen LogP contribution is -2.21. The highest BCUT2D eigenvalue weighted by Gasteiger charge is 2.32. The third kappa shape index (κ3) is 8.38. The first kappa shape index (κ1) is 28.3. The van der Waals surface area contributed by atoms with E-state index >= 15 is 0 Å². The largest absolute Gasteiger partial charge is 0.507 e. The Kier molecular flexibility index (Phi) is 10.6. The van der Waals surface area contributed by atoms with Gasteiger partial charge in [0, 0.05) is 11.5 Å². The SMILES string of the molecule is C=C(C)[C@@H]1CCC(C)=C[C@H]1c1c(O)cc(CCCCC)cc1OC(=O)COP(=O)(O)OC(C)C. The molecule has 0 spiro atoms. The van der Waals surface area contributed by atoms with E-state index in [0.29, 0.717) is 5.56 Å². The van der Waals surface area contributed by atoms with Crippen LogP contribution in [0.25, 0.3) is 0 Å². The molecular weight excluding hydrogens is 455 g/mol. The second-order valence-corrected chi connectivity index (χ2v) is 10.8. The lowest BCUT2D eigenvalue weighted by molar-refractivity contribution is -0.137. The van der Waals surface area contributed by atoms with Crippen molar-refractivity contribution in [3.63, 3.8) is 0 Å². The Bertz CT molecular complexity index is 951. The number of phenols is 1. The van der Waals surface area contributed by atoms with Crippen molar-refractivity contribution >= 4 is 13.8 Å². The van der Waals surface area contributed by atoms with Crippen molar-refractivity contribution in [2.45, 2.75) is 85.2 Å². The summed E-state index contributed by atoms with van der Waals surface area (Å²) in [6, 6.07) is 3.52. The molecule has 0 fully saturated rings. The van der Waals surface area contributed by atoms with E-state index in [4.69, 9.17) is 13.8 Å². The van der Waals surface area contributed by atoms with E-state index < -0.39 is 26.5 Å². The van der Waals surface area contributed by atoms with Gasteiger partial charge in [0.25, 0.3) is 0 Å². The average molecular weight is 495 g/mol. The molecule has 2 N–H and O–H groups in total. The van der Waals surface area contributed by atoms with Gasteiger partial charge in [-0.1, -0.05) is 43.6 Å². The highest BCUT2D eigenvalue weighted by atomic mass is 31.2. The molecule has 0 amide bonds. The molecule has 1 aliphatic rings. The molecule has 0 saturated carbocycles. The number of esters is 1. The maximum absolute atomic E-state index is 12.6. The number of aryl methyl sites for hydroxylation is 1. The summed E-state index contributed by atoms with van der Waals surface area (Å²) in [5, 5.41) is 11.1. The Morgan fingerprint density at radius 3 is 2.62 bits per heavy atom. The summed E-state index contributed by atoms with van der Waals surface area (Å²) in [6.07, 6.45) is 7.18. The molecule has 1 aromatic carbocycles. The van der Waals surface area contributed by atoms with Crippen LogP contribution < -0.4 is 4.74 Å². The molecule has 3 atom stereocenters. The van der Waals surface area contributed by atoms with Gasteiger partial charge in [-0.25, -0.2) is 9.36 Å². The van der Waals surface area contributed by atoms with Crippen molar-refractivity contribution in [2.24, 2.45) is 5.92 Å². The van der Waals surface area contributed by atoms with Gasteiger partial charge in [0.15, 0.2) is 6.61 Å². The second kappa shape index (κ2) is 12.7. The molecule has 0 aromatic heterocycles. The van der Waals surface area contributed by atoms with Crippen LogP contribution in [0.3, 0.4) is 0 Å². The molecule has 0 bridgehead atoms. The predicted octanol–water partition coefficient (Wildman–Crippen LogP) is 6.59. The van der Waals surface area contributed by atoms with E-state index in [2.05, 4.69) is 19.6 Å². The van der Waals surface area contributed by atoms with Crippen LogP contribution in [0.5, 0.6) is 11.5 Å². The lowest BCUT2D eigenvalue weighted by Gasteiger charge is -2.32. The second-order valence-electron chi connectivity index (χ2n) is 9.38. The van der Waals surface area contributed by atoms with Gasteiger partial charge in [-0.15, -0.1) is 0 Å². The van der Waals surface area contributed by atoms with Gasteiger partial charge in [-0.05, 0) is 77.0 Å². The molecule has 0 aliphatic heterocycles. The molecular formula is C26H39O7P. The topological polar surface area (TPSA) is 102 Å². The summed E-state index contributed by atoms with van der Waals surface area (Å²) in [4.78, 5) is 22.3. The van der Waals surface area contributed by atoms with Crippen molar-refractivity contribution < 1.29 is 33.1 Å². The summed E-state index contributed by atoms with van der Waals surface area (Å²) in [5.74, 6) is -0.661. The van der Waals surface area contributed by atoms with E-state index in [-0.39, 0.29) is 23.3 Å².